The number of rotatable bonds is 3. The van der Waals surface area contributed by atoms with Gasteiger partial charge in [-0.15, -0.1) is 0 Å². The molecule has 0 rings (SSSR count). The van der Waals surface area contributed by atoms with Gasteiger partial charge in [0.25, 0.3) is 0 Å². The minimum atomic E-state index is -0.933. The standard InChI is InChI=1S/C10H17NO4/c1-6-8(12)14-7(2)15-9(13)11-10(3,4)5/h6-7H,1H2,2-5H3,(H,11,13). The first kappa shape index (κ1) is 13.5. The highest BCUT2D eigenvalue weighted by Gasteiger charge is 2.17. The zero-order chi connectivity index (χ0) is 12.1. The summed E-state index contributed by atoms with van der Waals surface area (Å²) in [6, 6.07) is 0. The second kappa shape index (κ2) is 5.38. The lowest BCUT2D eigenvalue weighted by Crippen LogP contribution is -2.42. The normalized spacial score (nSPS) is 12.5. The number of hydrogen-bond acceptors (Lipinski definition) is 4. The number of hydrogen-bond donors (Lipinski definition) is 1. The fourth-order valence-electron chi connectivity index (χ4n) is 0.722. The summed E-state index contributed by atoms with van der Waals surface area (Å²) >= 11 is 0. The van der Waals surface area contributed by atoms with Crippen molar-refractivity contribution >= 4 is 12.1 Å². The molecule has 0 bridgehead atoms. The Kier molecular flexibility index (Phi) is 4.84. The van der Waals surface area contributed by atoms with Gasteiger partial charge in [0.1, 0.15) is 0 Å². The van der Waals surface area contributed by atoms with Gasteiger partial charge < -0.3 is 14.8 Å². The van der Waals surface area contributed by atoms with E-state index in [2.05, 4.69) is 16.6 Å². The Bertz CT molecular complexity index is 255. The van der Waals surface area contributed by atoms with Crippen molar-refractivity contribution < 1.29 is 19.1 Å². The molecular weight excluding hydrogens is 198 g/mol. The monoisotopic (exact) mass is 215 g/mol. The molecule has 0 fully saturated rings. The predicted octanol–water partition coefficient (Wildman–Crippen LogP) is 1.59. The Morgan fingerprint density at radius 3 is 2.27 bits per heavy atom. The van der Waals surface area contributed by atoms with Crippen molar-refractivity contribution in [2.75, 3.05) is 0 Å². The van der Waals surface area contributed by atoms with Gasteiger partial charge in [0.2, 0.25) is 6.29 Å². The Labute approximate surface area is 89.4 Å². The minimum Gasteiger partial charge on any atom is -0.422 e. The van der Waals surface area contributed by atoms with Gasteiger partial charge in [0.15, 0.2) is 0 Å². The van der Waals surface area contributed by atoms with Gasteiger partial charge in [-0.25, -0.2) is 9.59 Å². The number of carbonyl (C=O) groups excluding carboxylic acids is 2. The number of nitrogens with one attached hydrogen (secondary N) is 1. The molecule has 0 heterocycles. The van der Waals surface area contributed by atoms with Gasteiger partial charge in [-0.3, -0.25) is 0 Å². The van der Waals surface area contributed by atoms with Crippen LogP contribution >= 0.6 is 0 Å². The fraction of sp³-hybridized carbons (Fsp3) is 0.600. The summed E-state index contributed by atoms with van der Waals surface area (Å²) < 4.78 is 9.40. The van der Waals surface area contributed by atoms with Crippen LogP contribution < -0.4 is 5.32 Å². The maximum Gasteiger partial charge on any atom is 0.410 e. The number of ether oxygens (including phenoxy) is 2. The van der Waals surface area contributed by atoms with Crippen molar-refractivity contribution in [2.45, 2.75) is 39.5 Å². The van der Waals surface area contributed by atoms with Crippen molar-refractivity contribution in [1.82, 2.24) is 5.32 Å². The summed E-state index contributed by atoms with van der Waals surface area (Å²) in [6.45, 7) is 10.1. The average Bonchev–Trinajstić information content (AvgIpc) is 1.99. The second-order valence-electron chi connectivity index (χ2n) is 3.99. The largest absolute Gasteiger partial charge is 0.422 e. The third kappa shape index (κ3) is 7.54. The Balaban J connectivity index is 3.97. The molecule has 1 N–H and O–H groups in total. The van der Waals surface area contributed by atoms with Crippen LogP contribution in [0.15, 0.2) is 12.7 Å². The Hall–Kier alpha value is -1.52. The number of esters is 1. The quantitative estimate of drug-likeness (QED) is 0.441. The first-order valence-corrected chi connectivity index (χ1v) is 4.56. The number of alkyl carbamates (subject to hydrolysis) is 1. The van der Waals surface area contributed by atoms with Gasteiger partial charge in [0.05, 0.1) is 0 Å². The van der Waals surface area contributed by atoms with Crippen molar-refractivity contribution in [2.24, 2.45) is 0 Å². The molecule has 0 aromatic heterocycles. The molecule has 5 nitrogen and oxygen atoms in total. The van der Waals surface area contributed by atoms with E-state index in [9.17, 15) is 9.59 Å². The molecule has 0 aliphatic heterocycles. The lowest BCUT2D eigenvalue weighted by atomic mass is 10.1. The first-order valence-electron chi connectivity index (χ1n) is 4.56. The molecule has 0 spiro atoms. The van der Waals surface area contributed by atoms with Gasteiger partial charge in [0, 0.05) is 18.5 Å². The van der Waals surface area contributed by atoms with E-state index in [-0.39, 0.29) is 5.54 Å². The molecule has 0 aliphatic carbocycles. The van der Waals surface area contributed by atoms with Gasteiger partial charge >= 0.3 is 12.1 Å². The van der Waals surface area contributed by atoms with Gasteiger partial charge in [-0.2, -0.15) is 0 Å². The van der Waals surface area contributed by atoms with Crippen LogP contribution in [0.2, 0.25) is 0 Å². The Morgan fingerprint density at radius 2 is 1.87 bits per heavy atom. The van der Waals surface area contributed by atoms with Crippen LogP contribution in [0.1, 0.15) is 27.7 Å². The molecule has 0 saturated carbocycles. The fourth-order valence-corrected chi connectivity index (χ4v) is 0.722. The molecule has 1 amide bonds. The van der Waals surface area contributed by atoms with Crippen molar-refractivity contribution in [3.63, 3.8) is 0 Å². The van der Waals surface area contributed by atoms with Crippen molar-refractivity contribution in [1.29, 1.82) is 0 Å². The molecule has 5 heteroatoms. The summed E-state index contributed by atoms with van der Waals surface area (Å²) in [6.07, 6.45) is -0.564. The number of carbonyl (C=O) groups is 2. The van der Waals surface area contributed by atoms with Gasteiger partial charge in [-0.1, -0.05) is 6.58 Å². The van der Waals surface area contributed by atoms with E-state index in [1.165, 1.54) is 6.92 Å². The lowest BCUT2D eigenvalue weighted by Gasteiger charge is -2.21. The summed E-state index contributed by atoms with van der Waals surface area (Å²) in [5.41, 5.74) is -0.390. The highest BCUT2D eigenvalue weighted by molar-refractivity contribution is 5.81. The zero-order valence-electron chi connectivity index (χ0n) is 9.49. The first-order chi connectivity index (χ1) is 6.74. The maximum atomic E-state index is 11.2. The van der Waals surface area contributed by atoms with E-state index < -0.39 is 18.4 Å². The van der Waals surface area contributed by atoms with Crippen LogP contribution in [-0.2, 0) is 14.3 Å². The van der Waals surface area contributed by atoms with Crippen molar-refractivity contribution in [3.05, 3.63) is 12.7 Å². The van der Waals surface area contributed by atoms with Crippen LogP contribution in [0.5, 0.6) is 0 Å². The minimum absolute atomic E-state index is 0.390. The van der Waals surface area contributed by atoms with Crippen molar-refractivity contribution in [3.8, 4) is 0 Å². The molecule has 15 heavy (non-hydrogen) atoms. The van der Waals surface area contributed by atoms with E-state index in [1.807, 2.05) is 20.8 Å². The highest BCUT2D eigenvalue weighted by Crippen LogP contribution is 2.01. The highest BCUT2D eigenvalue weighted by atomic mass is 16.7. The van der Waals surface area contributed by atoms with E-state index in [0.717, 1.165) is 6.08 Å². The van der Waals surface area contributed by atoms with E-state index in [1.54, 1.807) is 0 Å². The molecule has 0 aliphatic rings. The summed E-state index contributed by atoms with van der Waals surface area (Å²) in [5, 5.41) is 2.56. The molecular formula is C10H17NO4. The van der Waals surface area contributed by atoms with Crippen LogP contribution in [0.4, 0.5) is 4.79 Å². The zero-order valence-corrected chi connectivity index (χ0v) is 9.49. The molecule has 0 saturated heterocycles. The van der Waals surface area contributed by atoms with Crippen LogP contribution in [0.25, 0.3) is 0 Å². The molecule has 86 valence electrons. The van der Waals surface area contributed by atoms with Gasteiger partial charge in [-0.05, 0) is 20.8 Å². The number of amides is 1. The molecule has 1 atom stereocenters. The molecule has 1 unspecified atom stereocenters. The summed E-state index contributed by atoms with van der Waals surface area (Å²) in [5.74, 6) is -0.633. The smallest absolute Gasteiger partial charge is 0.410 e. The third-order valence-corrected chi connectivity index (χ3v) is 1.20. The Morgan fingerprint density at radius 1 is 1.33 bits per heavy atom. The maximum absolute atomic E-state index is 11.2. The van der Waals surface area contributed by atoms with E-state index in [4.69, 9.17) is 4.74 Å². The summed E-state index contributed by atoms with van der Waals surface area (Å²) in [7, 11) is 0. The van der Waals surface area contributed by atoms with Crippen LogP contribution in [0.3, 0.4) is 0 Å². The SMILES string of the molecule is C=CC(=O)OC(C)OC(=O)NC(C)(C)C. The molecule has 0 aromatic rings. The summed E-state index contributed by atoms with van der Waals surface area (Å²) in [4.78, 5) is 21.9. The van der Waals surface area contributed by atoms with E-state index >= 15 is 0 Å². The molecule has 0 radical (unpaired) electrons. The lowest BCUT2D eigenvalue weighted by molar-refractivity contribution is -0.158. The molecule has 0 aromatic carbocycles. The second-order valence-corrected chi connectivity index (χ2v) is 3.99. The van der Waals surface area contributed by atoms with Crippen LogP contribution in [-0.4, -0.2) is 23.9 Å². The predicted molar refractivity (Wildman–Crippen MR) is 55.1 cm³/mol. The van der Waals surface area contributed by atoms with E-state index in [0.29, 0.717) is 0 Å². The third-order valence-electron chi connectivity index (χ3n) is 1.20. The van der Waals surface area contributed by atoms with Crippen LogP contribution in [0, 0.1) is 0 Å². The average molecular weight is 215 g/mol. The topological polar surface area (TPSA) is 64.6 Å².